The maximum absolute atomic E-state index is 11.6. The van der Waals surface area contributed by atoms with E-state index in [1.165, 1.54) is 0 Å². The van der Waals surface area contributed by atoms with Gasteiger partial charge in [-0.15, -0.1) is 0 Å². The summed E-state index contributed by atoms with van der Waals surface area (Å²) in [5.74, 6) is 0. The van der Waals surface area contributed by atoms with Crippen molar-refractivity contribution in [2.75, 3.05) is 6.26 Å². The second kappa shape index (κ2) is 4.88. The van der Waals surface area contributed by atoms with E-state index in [1.54, 1.807) is 12.3 Å². The minimum absolute atomic E-state index is 0.414. The van der Waals surface area contributed by atoms with Gasteiger partial charge in [0.15, 0.2) is 0 Å². The van der Waals surface area contributed by atoms with Crippen molar-refractivity contribution in [3.63, 3.8) is 0 Å². The lowest BCUT2D eigenvalue weighted by atomic mass is 9.79. The molecule has 0 saturated carbocycles. The van der Waals surface area contributed by atoms with E-state index >= 15 is 0 Å². The van der Waals surface area contributed by atoms with Crippen molar-refractivity contribution in [3.05, 3.63) is 23.2 Å². The largest absolute Gasteiger partial charge is 0.496 e. The first-order valence-electron chi connectivity index (χ1n) is 6.13. The van der Waals surface area contributed by atoms with Crippen molar-refractivity contribution in [2.24, 2.45) is 0 Å². The van der Waals surface area contributed by atoms with Gasteiger partial charge in [-0.3, -0.25) is 4.21 Å². The van der Waals surface area contributed by atoms with E-state index in [4.69, 9.17) is 20.9 Å². The van der Waals surface area contributed by atoms with Crippen LogP contribution < -0.4 is 5.46 Å². The molecular formula is C13H18BClO3S. The highest BCUT2D eigenvalue weighted by Gasteiger charge is 2.52. The Morgan fingerprint density at radius 3 is 2.16 bits per heavy atom. The van der Waals surface area contributed by atoms with E-state index in [0.29, 0.717) is 9.92 Å². The van der Waals surface area contributed by atoms with Crippen molar-refractivity contribution >= 4 is 35.0 Å². The standard InChI is InChI=1S/C13H18BClO3S/c1-12(2)13(3,4)18-14(17-12)9-7-6-8-10(11(9)15)19(5)16/h6-8H,1-5H3. The smallest absolute Gasteiger partial charge is 0.399 e. The molecule has 0 aliphatic carbocycles. The summed E-state index contributed by atoms with van der Waals surface area (Å²) >= 11 is 6.32. The molecule has 1 heterocycles. The minimum atomic E-state index is -1.13. The monoisotopic (exact) mass is 300 g/mol. The molecule has 1 unspecified atom stereocenters. The predicted octanol–water partition coefficient (Wildman–Crippen LogP) is 2.38. The van der Waals surface area contributed by atoms with E-state index < -0.39 is 29.1 Å². The van der Waals surface area contributed by atoms with Crippen molar-refractivity contribution in [1.29, 1.82) is 0 Å². The summed E-state index contributed by atoms with van der Waals surface area (Å²) in [6.07, 6.45) is 1.61. The Morgan fingerprint density at radius 2 is 1.68 bits per heavy atom. The highest BCUT2D eigenvalue weighted by Crippen LogP contribution is 2.37. The first kappa shape index (κ1) is 15.0. The fourth-order valence-corrected chi connectivity index (χ4v) is 3.08. The molecule has 0 radical (unpaired) electrons. The van der Waals surface area contributed by atoms with E-state index in [-0.39, 0.29) is 0 Å². The molecule has 1 fully saturated rings. The van der Waals surface area contributed by atoms with Gasteiger partial charge in [0.05, 0.1) is 31.9 Å². The van der Waals surface area contributed by atoms with E-state index in [0.717, 1.165) is 5.46 Å². The molecular weight excluding hydrogens is 282 g/mol. The lowest BCUT2D eigenvalue weighted by molar-refractivity contribution is 0.00578. The van der Waals surface area contributed by atoms with Crippen LogP contribution in [0.1, 0.15) is 27.7 Å². The summed E-state index contributed by atoms with van der Waals surface area (Å²) in [5, 5.41) is 0.460. The Kier molecular flexibility index (Phi) is 3.86. The third-order valence-electron chi connectivity index (χ3n) is 3.81. The molecule has 1 aromatic rings. The normalized spacial score (nSPS) is 22.5. The summed E-state index contributed by atoms with van der Waals surface area (Å²) in [6.45, 7) is 7.96. The van der Waals surface area contributed by atoms with Crippen LogP contribution in [0.15, 0.2) is 23.1 Å². The van der Waals surface area contributed by atoms with Gasteiger partial charge in [0.2, 0.25) is 0 Å². The molecule has 1 saturated heterocycles. The van der Waals surface area contributed by atoms with Crippen LogP contribution in [0, 0.1) is 0 Å². The maximum Gasteiger partial charge on any atom is 0.496 e. The van der Waals surface area contributed by atoms with Crippen LogP contribution in [0.4, 0.5) is 0 Å². The molecule has 0 bridgehead atoms. The number of rotatable bonds is 2. The number of hydrogen-bond donors (Lipinski definition) is 0. The van der Waals surface area contributed by atoms with Crippen LogP contribution in [-0.2, 0) is 20.1 Å². The van der Waals surface area contributed by atoms with Gasteiger partial charge >= 0.3 is 7.12 Å². The van der Waals surface area contributed by atoms with Crippen LogP contribution in [0.2, 0.25) is 5.02 Å². The summed E-state index contributed by atoms with van der Waals surface area (Å²) in [5.41, 5.74) is -0.0990. The van der Waals surface area contributed by atoms with Gasteiger partial charge in [-0.1, -0.05) is 23.7 Å². The average Bonchev–Trinajstić information content (AvgIpc) is 2.47. The third-order valence-corrected chi connectivity index (χ3v) is 5.30. The first-order chi connectivity index (χ1) is 8.66. The lowest BCUT2D eigenvalue weighted by Gasteiger charge is -2.32. The minimum Gasteiger partial charge on any atom is -0.399 e. The molecule has 104 valence electrons. The highest BCUT2D eigenvalue weighted by molar-refractivity contribution is 7.84. The zero-order chi connectivity index (χ0) is 14.4. The topological polar surface area (TPSA) is 35.5 Å². The van der Waals surface area contributed by atoms with Crippen molar-refractivity contribution < 1.29 is 13.5 Å². The fraction of sp³-hybridized carbons (Fsp3) is 0.538. The third kappa shape index (κ3) is 2.61. The van der Waals surface area contributed by atoms with E-state index in [9.17, 15) is 4.21 Å². The summed E-state index contributed by atoms with van der Waals surface area (Å²) in [7, 11) is -1.66. The molecule has 0 amide bonds. The van der Waals surface area contributed by atoms with Gasteiger partial charge in [0.1, 0.15) is 0 Å². The molecule has 1 aliphatic rings. The molecule has 1 aliphatic heterocycles. The number of halogens is 1. The molecule has 0 aromatic heterocycles. The number of hydrogen-bond acceptors (Lipinski definition) is 3. The molecule has 19 heavy (non-hydrogen) atoms. The zero-order valence-corrected chi connectivity index (χ0v) is 13.4. The summed E-state index contributed by atoms with van der Waals surface area (Å²) in [4.78, 5) is 0.605. The summed E-state index contributed by atoms with van der Waals surface area (Å²) < 4.78 is 23.6. The van der Waals surface area contributed by atoms with Gasteiger partial charge in [-0.25, -0.2) is 0 Å². The van der Waals surface area contributed by atoms with E-state index in [2.05, 4.69) is 0 Å². The molecule has 1 atom stereocenters. The van der Waals surface area contributed by atoms with E-state index in [1.807, 2.05) is 39.8 Å². The van der Waals surface area contributed by atoms with Crippen LogP contribution in [0.3, 0.4) is 0 Å². The van der Waals surface area contributed by atoms with Crippen LogP contribution >= 0.6 is 11.6 Å². The average molecular weight is 301 g/mol. The maximum atomic E-state index is 11.6. The number of benzene rings is 1. The summed E-state index contributed by atoms with van der Waals surface area (Å²) in [6, 6.07) is 5.43. The van der Waals surface area contributed by atoms with Crippen molar-refractivity contribution in [3.8, 4) is 0 Å². The quantitative estimate of drug-likeness (QED) is 0.787. The molecule has 2 rings (SSSR count). The Morgan fingerprint density at radius 1 is 1.16 bits per heavy atom. The second-order valence-electron chi connectivity index (χ2n) is 5.70. The zero-order valence-electron chi connectivity index (χ0n) is 11.8. The van der Waals surface area contributed by atoms with Gasteiger partial charge in [-0.2, -0.15) is 0 Å². The molecule has 3 nitrogen and oxygen atoms in total. The molecule has 0 spiro atoms. The molecule has 6 heteroatoms. The molecule has 0 N–H and O–H groups in total. The Labute approximate surface area is 122 Å². The Hall–Kier alpha value is -0.355. The second-order valence-corrected chi connectivity index (χ2v) is 7.43. The van der Waals surface area contributed by atoms with Gasteiger partial charge in [-0.05, 0) is 33.8 Å². The fourth-order valence-electron chi connectivity index (χ4n) is 1.90. The van der Waals surface area contributed by atoms with Gasteiger partial charge < -0.3 is 9.31 Å². The van der Waals surface area contributed by atoms with Crippen LogP contribution in [0.5, 0.6) is 0 Å². The van der Waals surface area contributed by atoms with Gasteiger partial charge in [0.25, 0.3) is 0 Å². The lowest BCUT2D eigenvalue weighted by Crippen LogP contribution is -2.41. The molecule has 1 aromatic carbocycles. The highest BCUT2D eigenvalue weighted by atomic mass is 35.5. The van der Waals surface area contributed by atoms with Crippen molar-refractivity contribution in [2.45, 2.75) is 43.8 Å². The van der Waals surface area contributed by atoms with Gasteiger partial charge in [0, 0.05) is 11.7 Å². The SMILES string of the molecule is CS(=O)c1cccc(B2OC(C)(C)C(C)(C)O2)c1Cl. The Balaban J connectivity index is 2.40. The van der Waals surface area contributed by atoms with Crippen LogP contribution in [0.25, 0.3) is 0 Å². The first-order valence-corrected chi connectivity index (χ1v) is 8.07. The van der Waals surface area contributed by atoms with Crippen molar-refractivity contribution in [1.82, 2.24) is 0 Å². The van der Waals surface area contributed by atoms with Crippen LogP contribution in [-0.4, -0.2) is 28.8 Å². The predicted molar refractivity (Wildman–Crippen MR) is 79.5 cm³/mol. The Bertz CT molecular complexity index is 515.